The Morgan fingerprint density at radius 2 is 1.69 bits per heavy atom. The summed E-state index contributed by atoms with van der Waals surface area (Å²) in [5.74, 6) is 2.18. The van der Waals surface area contributed by atoms with Gasteiger partial charge in [0.05, 0.1) is 25.1 Å². The number of ether oxygens (including phenoxy) is 3. The number of hydrogen-bond donors (Lipinski definition) is 3. The molecule has 2 aliphatic carbocycles. The van der Waals surface area contributed by atoms with Crippen molar-refractivity contribution in [2.45, 2.75) is 116 Å². The molecule has 2 aliphatic rings. The van der Waals surface area contributed by atoms with Gasteiger partial charge < -0.3 is 34.3 Å². The maximum Gasteiger partial charge on any atom is 0.164 e. The first-order valence-corrected chi connectivity index (χ1v) is 13.9. The number of carbonyl (C=O) groups excluding carboxylic acids is 1. The number of Topliss-reactive ketones (excluding diaryl/α,β-unsaturated/α-hetero) is 1. The molecule has 36 heavy (non-hydrogen) atoms. The Hall–Kier alpha value is -1.67. The van der Waals surface area contributed by atoms with Crippen LogP contribution in [0.3, 0.4) is 0 Å². The van der Waals surface area contributed by atoms with Gasteiger partial charge in [0.1, 0.15) is 11.5 Å². The standard InChI is InChI=1S/C29H48O7/c1-22(30)10-7-5-3-4-6-8-11-28(32)36-29(33)25-14-18-27(19-15-25)35-21-9-20-34-26-16-12-24(13-17-26)23(2)31/h14,16,18-19,23-25,28-29,31-33H,3-13,15,17,20-21H2,1-2H3. The number of unbranched alkanes of at least 4 members (excludes halogenated alkanes) is 5. The molecule has 0 radical (unpaired) electrons. The van der Waals surface area contributed by atoms with Crippen molar-refractivity contribution in [1.29, 1.82) is 0 Å². The second-order valence-corrected chi connectivity index (χ2v) is 10.2. The van der Waals surface area contributed by atoms with Crippen LogP contribution in [0.4, 0.5) is 0 Å². The normalized spacial score (nSPS) is 22.4. The lowest BCUT2D eigenvalue weighted by molar-refractivity contribution is -0.223. The maximum atomic E-state index is 10.9. The van der Waals surface area contributed by atoms with Gasteiger partial charge in [-0.25, -0.2) is 0 Å². The summed E-state index contributed by atoms with van der Waals surface area (Å²) in [6.07, 6.45) is 16.8. The highest BCUT2D eigenvalue weighted by Crippen LogP contribution is 2.27. The summed E-state index contributed by atoms with van der Waals surface area (Å²) in [5.41, 5.74) is 0. The molecule has 2 rings (SSSR count). The molecule has 0 bridgehead atoms. The Balaban J connectivity index is 1.49. The molecule has 3 N–H and O–H groups in total. The minimum atomic E-state index is -1.05. The van der Waals surface area contributed by atoms with Crippen LogP contribution in [0.1, 0.15) is 97.3 Å². The van der Waals surface area contributed by atoms with Crippen LogP contribution in [0, 0.1) is 11.8 Å². The van der Waals surface area contributed by atoms with E-state index in [1.807, 2.05) is 25.2 Å². The van der Waals surface area contributed by atoms with E-state index in [1.54, 1.807) is 6.92 Å². The molecular weight excluding hydrogens is 460 g/mol. The maximum absolute atomic E-state index is 10.9. The van der Waals surface area contributed by atoms with Crippen molar-refractivity contribution in [3.63, 3.8) is 0 Å². The molecule has 0 aromatic rings. The SMILES string of the molecule is CC(=O)CCCCCCCCC(O)OC(O)C1C=CC(OCCCOC2=CCC(C(C)O)CC2)=CC1. The lowest BCUT2D eigenvalue weighted by Crippen LogP contribution is -2.28. The Bertz CT molecular complexity index is 712. The molecule has 0 aliphatic heterocycles. The second-order valence-electron chi connectivity index (χ2n) is 10.2. The zero-order valence-electron chi connectivity index (χ0n) is 22.3. The predicted molar refractivity (Wildman–Crippen MR) is 140 cm³/mol. The van der Waals surface area contributed by atoms with Gasteiger partial charge in [-0.1, -0.05) is 31.8 Å². The number of hydrogen-bond acceptors (Lipinski definition) is 7. The highest BCUT2D eigenvalue weighted by atomic mass is 16.7. The summed E-state index contributed by atoms with van der Waals surface area (Å²) >= 11 is 0. The molecule has 0 aromatic heterocycles. The minimum absolute atomic E-state index is 0.208. The van der Waals surface area contributed by atoms with Gasteiger partial charge in [0.15, 0.2) is 12.6 Å². The fourth-order valence-corrected chi connectivity index (χ4v) is 4.52. The summed E-state index contributed by atoms with van der Waals surface area (Å²) in [4.78, 5) is 10.9. The smallest absolute Gasteiger partial charge is 0.164 e. The third-order valence-electron chi connectivity index (χ3n) is 6.93. The third-order valence-corrected chi connectivity index (χ3v) is 6.93. The van der Waals surface area contributed by atoms with Gasteiger partial charge in [-0.15, -0.1) is 0 Å². The predicted octanol–water partition coefficient (Wildman–Crippen LogP) is 5.30. The molecule has 7 nitrogen and oxygen atoms in total. The van der Waals surface area contributed by atoms with Crippen LogP contribution < -0.4 is 0 Å². The van der Waals surface area contributed by atoms with Crippen LogP contribution in [0.15, 0.2) is 35.8 Å². The third kappa shape index (κ3) is 13.0. The number of rotatable bonds is 19. The molecule has 5 atom stereocenters. The van der Waals surface area contributed by atoms with Crippen LogP contribution >= 0.6 is 0 Å². The monoisotopic (exact) mass is 508 g/mol. The van der Waals surface area contributed by atoms with Crippen LogP contribution in [0.2, 0.25) is 0 Å². The Labute approximate surface area is 217 Å². The molecule has 0 spiro atoms. The van der Waals surface area contributed by atoms with E-state index in [-0.39, 0.29) is 17.8 Å². The molecule has 0 heterocycles. The van der Waals surface area contributed by atoms with Crippen molar-refractivity contribution < 1.29 is 34.3 Å². The van der Waals surface area contributed by atoms with Crippen molar-refractivity contribution in [3.8, 4) is 0 Å². The fourth-order valence-electron chi connectivity index (χ4n) is 4.52. The minimum Gasteiger partial charge on any atom is -0.498 e. The summed E-state index contributed by atoms with van der Waals surface area (Å²) in [6, 6.07) is 0. The molecule has 0 amide bonds. The Morgan fingerprint density at radius 1 is 0.972 bits per heavy atom. The van der Waals surface area contributed by atoms with Gasteiger partial charge in [-0.2, -0.15) is 0 Å². The van der Waals surface area contributed by atoms with Crippen molar-refractivity contribution in [2.75, 3.05) is 13.2 Å². The van der Waals surface area contributed by atoms with Crippen LogP contribution in [0.25, 0.3) is 0 Å². The van der Waals surface area contributed by atoms with Gasteiger partial charge >= 0.3 is 0 Å². The van der Waals surface area contributed by atoms with E-state index in [0.29, 0.717) is 38.4 Å². The number of aliphatic hydroxyl groups is 3. The first kappa shape index (κ1) is 30.6. The zero-order valence-corrected chi connectivity index (χ0v) is 22.3. The van der Waals surface area contributed by atoms with E-state index in [2.05, 4.69) is 6.08 Å². The van der Waals surface area contributed by atoms with Crippen molar-refractivity contribution in [3.05, 3.63) is 35.8 Å². The molecular formula is C29H48O7. The van der Waals surface area contributed by atoms with E-state index < -0.39 is 12.6 Å². The first-order chi connectivity index (χ1) is 17.3. The second kappa shape index (κ2) is 17.7. The lowest BCUT2D eigenvalue weighted by Gasteiger charge is -2.25. The number of aliphatic hydroxyl groups excluding tert-OH is 3. The Kier molecular flexibility index (Phi) is 15.0. The number of ketones is 1. The topological polar surface area (TPSA) is 105 Å². The van der Waals surface area contributed by atoms with Gasteiger partial charge in [-0.05, 0) is 76.5 Å². The van der Waals surface area contributed by atoms with Crippen molar-refractivity contribution in [1.82, 2.24) is 0 Å². The average Bonchev–Trinajstić information content (AvgIpc) is 2.86. The van der Waals surface area contributed by atoms with E-state index >= 15 is 0 Å². The van der Waals surface area contributed by atoms with Crippen LogP contribution in [-0.4, -0.2) is 53.0 Å². The van der Waals surface area contributed by atoms with E-state index in [4.69, 9.17) is 14.2 Å². The van der Waals surface area contributed by atoms with E-state index in [9.17, 15) is 20.1 Å². The summed E-state index contributed by atoms with van der Waals surface area (Å²) in [5, 5.41) is 30.1. The summed E-state index contributed by atoms with van der Waals surface area (Å²) in [7, 11) is 0. The zero-order chi connectivity index (χ0) is 26.2. The highest BCUT2D eigenvalue weighted by Gasteiger charge is 2.22. The average molecular weight is 509 g/mol. The van der Waals surface area contributed by atoms with Gasteiger partial charge in [0, 0.05) is 25.2 Å². The molecule has 7 heteroatoms. The number of allylic oxidation sites excluding steroid dienone is 4. The van der Waals surface area contributed by atoms with Crippen molar-refractivity contribution in [2.24, 2.45) is 11.8 Å². The van der Waals surface area contributed by atoms with Crippen molar-refractivity contribution >= 4 is 5.78 Å². The molecule has 0 fully saturated rings. The van der Waals surface area contributed by atoms with Crippen LogP contribution in [0.5, 0.6) is 0 Å². The van der Waals surface area contributed by atoms with E-state index in [1.165, 1.54) is 0 Å². The summed E-state index contributed by atoms with van der Waals surface area (Å²) in [6.45, 7) is 4.64. The van der Waals surface area contributed by atoms with E-state index in [0.717, 1.165) is 75.7 Å². The van der Waals surface area contributed by atoms with Crippen LogP contribution in [-0.2, 0) is 19.0 Å². The highest BCUT2D eigenvalue weighted by molar-refractivity contribution is 5.75. The van der Waals surface area contributed by atoms with Gasteiger partial charge in [0.25, 0.3) is 0 Å². The molecule has 0 saturated heterocycles. The molecule has 5 unspecified atom stereocenters. The number of carbonyl (C=O) groups is 1. The lowest BCUT2D eigenvalue weighted by atomic mass is 9.89. The largest absolute Gasteiger partial charge is 0.498 e. The molecule has 206 valence electrons. The van der Waals surface area contributed by atoms with Gasteiger partial charge in [0.2, 0.25) is 0 Å². The molecule has 0 aromatic carbocycles. The van der Waals surface area contributed by atoms with Gasteiger partial charge in [-0.3, -0.25) is 0 Å². The Morgan fingerprint density at radius 3 is 2.33 bits per heavy atom. The fraction of sp³-hybridized carbons (Fsp3) is 0.759. The summed E-state index contributed by atoms with van der Waals surface area (Å²) < 4.78 is 17.0. The quantitative estimate of drug-likeness (QED) is 0.161. The molecule has 0 saturated carbocycles. The first-order valence-electron chi connectivity index (χ1n) is 13.9.